The van der Waals surface area contributed by atoms with Crippen LogP contribution in [-0.4, -0.2) is 17.9 Å². The fraction of sp³-hybridized carbons (Fsp3) is 0.353. The fourth-order valence-corrected chi connectivity index (χ4v) is 2.53. The van der Waals surface area contributed by atoms with E-state index < -0.39 is 0 Å². The van der Waals surface area contributed by atoms with Gasteiger partial charge in [0, 0.05) is 30.5 Å². The smallest absolute Gasteiger partial charge is 0.263 e. The van der Waals surface area contributed by atoms with E-state index >= 15 is 0 Å². The third-order valence-corrected chi connectivity index (χ3v) is 3.62. The van der Waals surface area contributed by atoms with Crippen LogP contribution in [0.1, 0.15) is 32.6 Å². The minimum absolute atomic E-state index is 0.0295. The number of benzene rings is 1. The summed E-state index contributed by atoms with van der Waals surface area (Å²) in [4.78, 5) is 23.1. The SMILES string of the molecule is CC(=O)Nc1cccc(N/C=C(/C#N)C(=O)NC2CCCC2)c1. The van der Waals surface area contributed by atoms with Crippen molar-refractivity contribution in [3.05, 3.63) is 36.0 Å². The largest absolute Gasteiger partial charge is 0.360 e. The van der Waals surface area contributed by atoms with Crippen LogP contribution in [0.5, 0.6) is 0 Å². The van der Waals surface area contributed by atoms with Gasteiger partial charge in [-0.1, -0.05) is 18.9 Å². The van der Waals surface area contributed by atoms with E-state index in [1.54, 1.807) is 24.3 Å². The molecule has 0 spiro atoms. The lowest BCUT2D eigenvalue weighted by Gasteiger charge is -2.11. The van der Waals surface area contributed by atoms with Crippen LogP contribution in [0, 0.1) is 11.3 Å². The average Bonchev–Trinajstić information content (AvgIpc) is 3.00. The summed E-state index contributed by atoms with van der Waals surface area (Å²) in [5.74, 6) is -0.517. The number of hydrogen-bond acceptors (Lipinski definition) is 4. The maximum atomic E-state index is 12.1. The van der Waals surface area contributed by atoms with Crippen LogP contribution >= 0.6 is 0 Å². The van der Waals surface area contributed by atoms with Crippen molar-refractivity contribution in [2.24, 2.45) is 0 Å². The molecule has 0 heterocycles. The molecule has 6 nitrogen and oxygen atoms in total. The molecule has 0 aromatic heterocycles. The Morgan fingerprint density at radius 2 is 1.96 bits per heavy atom. The molecule has 2 rings (SSSR count). The van der Waals surface area contributed by atoms with Gasteiger partial charge >= 0.3 is 0 Å². The Balaban J connectivity index is 2.00. The van der Waals surface area contributed by atoms with Crippen molar-refractivity contribution in [3.8, 4) is 6.07 Å². The Labute approximate surface area is 135 Å². The summed E-state index contributed by atoms with van der Waals surface area (Å²) in [5, 5.41) is 17.6. The number of carbonyl (C=O) groups is 2. The summed E-state index contributed by atoms with van der Waals surface area (Å²) >= 11 is 0. The molecule has 23 heavy (non-hydrogen) atoms. The van der Waals surface area contributed by atoms with Crippen molar-refractivity contribution in [1.29, 1.82) is 5.26 Å². The monoisotopic (exact) mass is 312 g/mol. The highest BCUT2D eigenvalue weighted by molar-refractivity contribution is 5.97. The van der Waals surface area contributed by atoms with Crippen LogP contribution in [-0.2, 0) is 9.59 Å². The highest BCUT2D eigenvalue weighted by Gasteiger charge is 2.19. The van der Waals surface area contributed by atoms with Crippen molar-refractivity contribution in [2.75, 3.05) is 10.6 Å². The zero-order chi connectivity index (χ0) is 16.7. The third-order valence-electron chi connectivity index (χ3n) is 3.62. The number of nitrogens with one attached hydrogen (secondary N) is 3. The molecule has 0 aliphatic heterocycles. The fourth-order valence-electron chi connectivity index (χ4n) is 2.53. The minimum atomic E-state index is -0.357. The topological polar surface area (TPSA) is 94.0 Å². The summed E-state index contributed by atoms with van der Waals surface area (Å²) in [7, 11) is 0. The molecule has 1 fully saturated rings. The predicted octanol–water partition coefficient (Wildman–Crippen LogP) is 2.52. The van der Waals surface area contributed by atoms with Crippen molar-refractivity contribution in [3.63, 3.8) is 0 Å². The molecule has 1 saturated carbocycles. The van der Waals surface area contributed by atoms with Crippen molar-refractivity contribution in [1.82, 2.24) is 5.32 Å². The van der Waals surface area contributed by atoms with Crippen LogP contribution in [0.2, 0.25) is 0 Å². The summed E-state index contributed by atoms with van der Waals surface area (Å²) < 4.78 is 0. The van der Waals surface area contributed by atoms with Gasteiger partial charge in [-0.25, -0.2) is 0 Å². The van der Waals surface area contributed by atoms with Gasteiger partial charge in [-0.15, -0.1) is 0 Å². The summed E-state index contributed by atoms with van der Waals surface area (Å²) in [6.07, 6.45) is 5.56. The minimum Gasteiger partial charge on any atom is -0.360 e. The maximum absolute atomic E-state index is 12.1. The molecule has 0 radical (unpaired) electrons. The van der Waals surface area contributed by atoms with Gasteiger partial charge in [-0.3, -0.25) is 9.59 Å². The van der Waals surface area contributed by atoms with Gasteiger partial charge in [-0.2, -0.15) is 5.26 Å². The quantitative estimate of drug-likeness (QED) is 0.575. The van der Waals surface area contributed by atoms with Crippen LogP contribution in [0.15, 0.2) is 36.0 Å². The van der Waals surface area contributed by atoms with Gasteiger partial charge in [0.05, 0.1) is 0 Å². The standard InChI is InChI=1S/C17H20N4O2/c1-12(22)20-16-8-4-7-15(9-16)19-11-13(10-18)17(23)21-14-5-2-3-6-14/h4,7-9,11,14,19H,2-3,5-6H2,1H3,(H,20,22)(H,21,23)/b13-11-. The highest BCUT2D eigenvalue weighted by Crippen LogP contribution is 2.18. The number of anilines is 2. The van der Waals surface area contributed by atoms with Gasteiger partial charge in [0.1, 0.15) is 11.6 Å². The van der Waals surface area contributed by atoms with Crippen LogP contribution in [0.25, 0.3) is 0 Å². The Kier molecular flexibility index (Phi) is 5.75. The third kappa shape index (κ3) is 5.15. The maximum Gasteiger partial charge on any atom is 0.263 e. The molecule has 0 bridgehead atoms. The van der Waals surface area contributed by atoms with Crippen molar-refractivity contribution < 1.29 is 9.59 Å². The first-order valence-electron chi connectivity index (χ1n) is 7.64. The van der Waals surface area contributed by atoms with Gasteiger partial charge in [0.2, 0.25) is 5.91 Å². The molecular formula is C17H20N4O2. The van der Waals surface area contributed by atoms with Gasteiger partial charge in [-0.05, 0) is 31.0 Å². The predicted molar refractivity (Wildman–Crippen MR) is 88.5 cm³/mol. The Morgan fingerprint density at radius 3 is 2.61 bits per heavy atom. The first-order chi connectivity index (χ1) is 11.1. The molecule has 3 N–H and O–H groups in total. The number of rotatable bonds is 5. The number of carbonyl (C=O) groups excluding carboxylic acids is 2. The average molecular weight is 312 g/mol. The number of nitrogens with zero attached hydrogens (tertiary/aromatic N) is 1. The van der Waals surface area contributed by atoms with E-state index in [0.717, 1.165) is 25.7 Å². The molecule has 6 heteroatoms. The lowest BCUT2D eigenvalue weighted by molar-refractivity contribution is -0.117. The van der Waals surface area contributed by atoms with E-state index in [0.29, 0.717) is 11.4 Å². The molecule has 2 amide bonds. The second-order valence-electron chi connectivity index (χ2n) is 5.53. The Morgan fingerprint density at radius 1 is 1.26 bits per heavy atom. The van der Waals surface area contributed by atoms with E-state index in [1.165, 1.54) is 13.1 Å². The van der Waals surface area contributed by atoms with Gasteiger partial charge in [0.25, 0.3) is 5.91 Å². The Hall–Kier alpha value is -2.81. The van der Waals surface area contributed by atoms with E-state index in [2.05, 4.69) is 16.0 Å². The van der Waals surface area contributed by atoms with Crippen LogP contribution in [0.4, 0.5) is 11.4 Å². The lowest BCUT2D eigenvalue weighted by Crippen LogP contribution is -2.33. The van der Waals surface area contributed by atoms with E-state index in [-0.39, 0.29) is 23.4 Å². The van der Waals surface area contributed by atoms with Crippen molar-refractivity contribution in [2.45, 2.75) is 38.6 Å². The van der Waals surface area contributed by atoms with Crippen molar-refractivity contribution >= 4 is 23.2 Å². The highest BCUT2D eigenvalue weighted by atomic mass is 16.2. The summed E-state index contributed by atoms with van der Waals surface area (Å²) in [5.41, 5.74) is 1.35. The number of amides is 2. The normalized spacial score (nSPS) is 14.9. The van der Waals surface area contributed by atoms with Crippen LogP contribution < -0.4 is 16.0 Å². The van der Waals surface area contributed by atoms with E-state index in [1.807, 2.05) is 6.07 Å². The molecule has 1 aliphatic rings. The zero-order valence-electron chi connectivity index (χ0n) is 13.1. The molecule has 1 aromatic rings. The van der Waals surface area contributed by atoms with Gasteiger partial charge < -0.3 is 16.0 Å². The van der Waals surface area contributed by atoms with E-state index in [9.17, 15) is 9.59 Å². The molecule has 1 aliphatic carbocycles. The first kappa shape index (κ1) is 16.6. The second kappa shape index (κ2) is 7.99. The molecule has 0 atom stereocenters. The molecular weight excluding hydrogens is 292 g/mol. The summed E-state index contributed by atoms with van der Waals surface area (Å²) in [6.45, 7) is 1.43. The van der Waals surface area contributed by atoms with Gasteiger partial charge in [0.15, 0.2) is 0 Å². The number of nitriles is 1. The molecule has 0 unspecified atom stereocenters. The molecule has 1 aromatic carbocycles. The second-order valence-corrected chi connectivity index (χ2v) is 5.53. The van der Waals surface area contributed by atoms with E-state index in [4.69, 9.17) is 5.26 Å². The summed E-state index contributed by atoms with van der Waals surface area (Å²) in [6, 6.07) is 9.11. The number of hydrogen-bond donors (Lipinski definition) is 3. The lowest BCUT2D eigenvalue weighted by atomic mass is 10.2. The Bertz CT molecular complexity index is 655. The zero-order valence-corrected chi connectivity index (χ0v) is 13.1. The molecule has 0 saturated heterocycles. The first-order valence-corrected chi connectivity index (χ1v) is 7.64. The van der Waals surface area contributed by atoms with Crippen LogP contribution in [0.3, 0.4) is 0 Å². The molecule has 120 valence electrons.